The van der Waals surface area contributed by atoms with Crippen LogP contribution in [0.3, 0.4) is 0 Å². The molecular weight excluding hydrogens is 295 g/mol. The third-order valence-corrected chi connectivity index (χ3v) is 3.89. The van der Waals surface area contributed by atoms with Crippen molar-refractivity contribution >= 4 is 29.1 Å². The van der Waals surface area contributed by atoms with Gasteiger partial charge in [-0.1, -0.05) is 29.3 Å². The molecule has 1 rings (SSSR count). The normalized spacial score (nSPS) is 12.2. The number of amides is 1. The van der Waals surface area contributed by atoms with Crippen molar-refractivity contribution in [1.82, 2.24) is 10.2 Å². The summed E-state index contributed by atoms with van der Waals surface area (Å²) in [6.07, 6.45) is 0.770. The SMILES string of the molecule is CCN(CC)C(=O)C(C)NCCc1ccc(Cl)cc1Cl. The quantitative estimate of drug-likeness (QED) is 0.836. The van der Waals surface area contributed by atoms with Crippen molar-refractivity contribution < 1.29 is 4.79 Å². The number of carbonyl (C=O) groups excluding carboxylic acids is 1. The zero-order chi connectivity index (χ0) is 15.1. The highest BCUT2D eigenvalue weighted by Crippen LogP contribution is 2.21. The first-order chi connectivity index (χ1) is 9.49. The Labute approximate surface area is 131 Å². The fraction of sp³-hybridized carbons (Fsp3) is 0.533. The van der Waals surface area contributed by atoms with E-state index in [1.165, 1.54) is 0 Å². The maximum atomic E-state index is 12.1. The molecule has 0 aromatic heterocycles. The Hall–Kier alpha value is -0.770. The van der Waals surface area contributed by atoms with Crippen LogP contribution >= 0.6 is 23.2 Å². The summed E-state index contributed by atoms with van der Waals surface area (Å²) in [6, 6.07) is 5.31. The number of rotatable bonds is 7. The molecule has 0 heterocycles. The zero-order valence-electron chi connectivity index (χ0n) is 12.2. The third-order valence-electron chi connectivity index (χ3n) is 3.31. The molecule has 0 fully saturated rings. The zero-order valence-corrected chi connectivity index (χ0v) is 13.8. The molecule has 0 bridgehead atoms. The highest BCUT2D eigenvalue weighted by molar-refractivity contribution is 6.35. The molecule has 1 atom stereocenters. The number of benzene rings is 1. The molecule has 20 heavy (non-hydrogen) atoms. The van der Waals surface area contributed by atoms with Gasteiger partial charge in [0, 0.05) is 23.1 Å². The molecule has 0 aliphatic heterocycles. The topological polar surface area (TPSA) is 32.3 Å². The van der Waals surface area contributed by atoms with E-state index in [0.717, 1.165) is 25.1 Å². The summed E-state index contributed by atoms with van der Waals surface area (Å²) in [6.45, 7) is 8.05. The Kier molecular flexibility index (Phi) is 7.35. The molecule has 3 nitrogen and oxygen atoms in total. The predicted octanol–water partition coefficient (Wildman–Crippen LogP) is 3.38. The molecule has 1 aromatic rings. The van der Waals surface area contributed by atoms with Crippen LogP contribution in [0.1, 0.15) is 26.3 Å². The highest BCUT2D eigenvalue weighted by atomic mass is 35.5. The maximum absolute atomic E-state index is 12.1. The van der Waals surface area contributed by atoms with Crippen LogP contribution in [-0.2, 0) is 11.2 Å². The lowest BCUT2D eigenvalue weighted by Gasteiger charge is -2.23. The lowest BCUT2D eigenvalue weighted by Crippen LogP contribution is -2.45. The summed E-state index contributed by atoms with van der Waals surface area (Å²) in [5, 5.41) is 4.54. The lowest BCUT2D eigenvalue weighted by atomic mass is 10.1. The van der Waals surface area contributed by atoms with Crippen LogP contribution in [0.4, 0.5) is 0 Å². The standard InChI is InChI=1S/C15H22Cl2N2O/c1-4-19(5-2)15(20)11(3)18-9-8-12-6-7-13(16)10-14(12)17/h6-7,10-11,18H,4-5,8-9H2,1-3H3. The van der Waals surface area contributed by atoms with Crippen molar-refractivity contribution in [2.24, 2.45) is 0 Å². The van der Waals surface area contributed by atoms with E-state index < -0.39 is 0 Å². The van der Waals surface area contributed by atoms with Gasteiger partial charge in [0.25, 0.3) is 0 Å². The van der Waals surface area contributed by atoms with Crippen LogP contribution in [-0.4, -0.2) is 36.5 Å². The van der Waals surface area contributed by atoms with Gasteiger partial charge in [-0.3, -0.25) is 4.79 Å². The average Bonchev–Trinajstić information content (AvgIpc) is 2.42. The van der Waals surface area contributed by atoms with E-state index in [1.54, 1.807) is 6.07 Å². The van der Waals surface area contributed by atoms with E-state index in [4.69, 9.17) is 23.2 Å². The Balaban J connectivity index is 2.45. The number of hydrogen-bond acceptors (Lipinski definition) is 2. The van der Waals surface area contributed by atoms with Crippen LogP contribution in [0.25, 0.3) is 0 Å². The first-order valence-electron chi connectivity index (χ1n) is 6.95. The second-order valence-corrected chi connectivity index (χ2v) is 5.52. The van der Waals surface area contributed by atoms with E-state index in [9.17, 15) is 4.79 Å². The van der Waals surface area contributed by atoms with Crippen LogP contribution in [0, 0.1) is 0 Å². The van der Waals surface area contributed by atoms with E-state index >= 15 is 0 Å². The summed E-state index contributed by atoms with van der Waals surface area (Å²) < 4.78 is 0. The van der Waals surface area contributed by atoms with Crippen molar-refractivity contribution in [1.29, 1.82) is 0 Å². The first-order valence-corrected chi connectivity index (χ1v) is 7.71. The second kappa shape index (κ2) is 8.50. The van der Waals surface area contributed by atoms with Crippen LogP contribution < -0.4 is 5.32 Å². The number of nitrogens with zero attached hydrogens (tertiary/aromatic N) is 1. The maximum Gasteiger partial charge on any atom is 0.239 e. The van der Waals surface area contributed by atoms with Gasteiger partial charge in [-0.05, 0) is 51.4 Å². The number of nitrogens with one attached hydrogen (secondary N) is 1. The average molecular weight is 317 g/mol. The van der Waals surface area contributed by atoms with Crippen molar-refractivity contribution in [3.8, 4) is 0 Å². The van der Waals surface area contributed by atoms with E-state index in [0.29, 0.717) is 16.6 Å². The predicted molar refractivity (Wildman–Crippen MR) is 85.6 cm³/mol. The van der Waals surface area contributed by atoms with Crippen molar-refractivity contribution in [3.63, 3.8) is 0 Å². The molecule has 0 spiro atoms. The van der Waals surface area contributed by atoms with Crippen molar-refractivity contribution in [2.45, 2.75) is 33.2 Å². The van der Waals surface area contributed by atoms with Crippen LogP contribution in [0.5, 0.6) is 0 Å². The molecular formula is C15H22Cl2N2O. The number of carbonyl (C=O) groups is 1. The van der Waals surface area contributed by atoms with Crippen molar-refractivity contribution in [3.05, 3.63) is 33.8 Å². The van der Waals surface area contributed by atoms with Crippen LogP contribution in [0.15, 0.2) is 18.2 Å². The number of likely N-dealkylation sites (N-methyl/N-ethyl adjacent to an activating group) is 1. The molecule has 0 saturated heterocycles. The minimum absolute atomic E-state index is 0.136. The van der Waals surface area contributed by atoms with E-state index in [1.807, 2.05) is 37.8 Å². The molecule has 1 aromatic carbocycles. The van der Waals surface area contributed by atoms with Gasteiger partial charge in [-0.2, -0.15) is 0 Å². The Morgan fingerprint density at radius 2 is 1.95 bits per heavy atom. The number of halogens is 2. The molecule has 1 amide bonds. The summed E-state index contributed by atoms with van der Waals surface area (Å²) in [4.78, 5) is 13.9. The largest absolute Gasteiger partial charge is 0.342 e. The van der Waals surface area contributed by atoms with Gasteiger partial charge < -0.3 is 10.2 Å². The van der Waals surface area contributed by atoms with Gasteiger partial charge in [0.1, 0.15) is 0 Å². The van der Waals surface area contributed by atoms with E-state index in [-0.39, 0.29) is 11.9 Å². The molecule has 112 valence electrons. The van der Waals surface area contributed by atoms with E-state index in [2.05, 4.69) is 5.32 Å². The minimum atomic E-state index is -0.180. The fourth-order valence-electron chi connectivity index (χ4n) is 2.04. The van der Waals surface area contributed by atoms with Gasteiger partial charge in [0.05, 0.1) is 6.04 Å². The Morgan fingerprint density at radius 1 is 1.30 bits per heavy atom. The second-order valence-electron chi connectivity index (χ2n) is 4.67. The molecule has 0 radical (unpaired) electrons. The van der Waals surface area contributed by atoms with Gasteiger partial charge in [-0.25, -0.2) is 0 Å². The van der Waals surface area contributed by atoms with Gasteiger partial charge in [0.2, 0.25) is 5.91 Å². The molecule has 0 aliphatic rings. The summed E-state index contributed by atoms with van der Waals surface area (Å²) in [5.74, 6) is 0.136. The number of hydrogen-bond donors (Lipinski definition) is 1. The monoisotopic (exact) mass is 316 g/mol. The molecule has 1 N–H and O–H groups in total. The summed E-state index contributed by atoms with van der Waals surface area (Å²) in [5.41, 5.74) is 1.03. The van der Waals surface area contributed by atoms with Crippen LogP contribution in [0.2, 0.25) is 10.0 Å². The molecule has 0 saturated carbocycles. The Bertz CT molecular complexity index is 447. The molecule has 0 aliphatic carbocycles. The first kappa shape index (κ1) is 17.3. The van der Waals surface area contributed by atoms with Gasteiger partial charge in [-0.15, -0.1) is 0 Å². The summed E-state index contributed by atoms with van der Waals surface area (Å²) in [7, 11) is 0. The summed E-state index contributed by atoms with van der Waals surface area (Å²) >= 11 is 12.0. The van der Waals surface area contributed by atoms with Gasteiger partial charge in [0.15, 0.2) is 0 Å². The fourth-order valence-corrected chi connectivity index (χ4v) is 2.55. The van der Waals surface area contributed by atoms with Gasteiger partial charge >= 0.3 is 0 Å². The lowest BCUT2D eigenvalue weighted by molar-refractivity contribution is -0.132. The third kappa shape index (κ3) is 4.97. The smallest absolute Gasteiger partial charge is 0.239 e. The minimum Gasteiger partial charge on any atom is -0.342 e. The highest BCUT2D eigenvalue weighted by Gasteiger charge is 2.17. The molecule has 5 heteroatoms. The van der Waals surface area contributed by atoms with Crippen molar-refractivity contribution in [2.75, 3.05) is 19.6 Å². The molecule has 1 unspecified atom stereocenters. The Morgan fingerprint density at radius 3 is 2.50 bits per heavy atom.